The molecule has 2 amide bonds. The van der Waals surface area contributed by atoms with Gasteiger partial charge in [-0.15, -0.1) is 0 Å². The van der Waals surface area contributed by atoms with Crippen LogP contribution in [0.1, 0.15) is 11.1 Å². The number of rotatable bonds is 7. The second-order valence-corrected chi connectivity index (χ2v) is 6.39. The summed E-state index contributed by atoms with van der Waals surface area (Å²) in [6.07, 6.45) is -0.0524. The number of carbonyl (C=O) groups is 2. The van der Waals surface area contributed by atoms with Crippen LogP contribution in [0.25, 0.3) is 0 Å². The lowest BCUT2D eigenvalue weighted by Crippen LogP contribution is -2.41. The second-order valence-electron chi connectivity index (χ2n) is 6.39. The standard InChI is InChI=1S/C21H23NO6/c1-25-17-10-15(11-18(26-2)20(17)27-3)12-19(23)22-16(13-28-21(22)24)9-14-7-5-4-6-8-14/h4-8,10-11,16H,9,12-13H2,1-3H3/t16-/m1/s1. The SMILES string of the molecule is COc1cc(CC(=O)N2C(=O)OC[C@H]2Cc2ccccc2)cc(OC)c1OC. The maximum Gasteiger partial charge on any atom is 0.416 e. The Bertz CT molecular complexity index is 826. The molecule has 3 rings (SSSR count). The minimum atomic E-state index is -0.613. The Labute approximate surface area is 163 Å². The summed E-state index contributed by atoms with van der Waals surface area (Å²) in [5, 5.41) is 0. The fourth-order valence-corrected chi connectivity index (χ4v) is 3.30. The molecule has 0 aromatic heterocycles. The van der Waals surface area contributed by atoms with E-state index in [9.17, 15) is 9.59 Å². The lowest BCUT2D eigenvalue weighted by molar-refractivity contribution is -0.128. The van der Waals surface area contributed by atoms with Crippen LogP contribution < -0.4 is 14.2 Å². The van der Waals surface area contributed by atoms with Gasteiger partial charge in [0.1, 0.15) is 6.61 Å². The van der Waals surface area contributed by atoms with Crippen molar-refractivity contribution in [2.75, 3.05) is 27.9 Å². The van der Waals surface area contributed by atoms with Gasteiger partial charge in [-0.25, -0.2) is 9.69 Å². The smallest absolute Gasteiger partial charge is 0.416 e. The molecule has 0 spiro atoms. The predicted molar refractivity (Wildman–Crippen MR) is 102 cm³/mol. The number of methoxy groups -OCH3 is 3. The van der Waals surface area contributed by atoms with Crippen molar-refractivity contribution in [2.45, 2.75) is 18.9 Å². The highest BCUT2D eigenvalue weighted by Gasteiger charge is 2.37. The molecule has 7 nitrogen and oxygen atoms in total. The number of imide groups is 1. The summed E-state index contributed by atoms with van der Waals surface area (Å²) in [6, 6.07) is 12.8. The fourth-order valence-electron chi connectivity index (χ4n) is 3.30. The van der Waals surface area contributed by atoms with Crippen LogP contribution in [0.2, 0.25) is 0 Å². The minimum absolute atomic E-state index is 0.0110. The second kappa shape index (κ2) is 8.65. The van der Waals surface area contributed by atoms with Crippen LogP contribution in [0.3, 0.4) is 0 Å². The van der Waals surface area contributed by atoms with Gasteiger partial charge in [0.15, 0.2) is 11.5 Å². The Balaban J connectivity index is 1.80. The first-order valence-corrected chi connectivity index (χ1v) is 8.89. The molecule has 148 valence electrons. The number of hydrogen-bond acceptors (Lipinski definition) is 6. The Hall–Kier alpha value is -3.22. The average Bonchev–Trinajstić information content (AvgIpc) is 3.07. The van der Waals surface area contributed by atoms with Crippen LogP contribution in [-0.2, 0) is 22.4 Å². The molecule has 1 saturated heterocycles. The monoisotopic (exact) mass is 385 g/mol. The zero-order valence-electron chi connectivity index (χ0n) is 16.1. The van der Waals surface area contributed by atoms with E-state index in [1.54, 1.807) is 12.1 Å². The summed E-state index contributed by atoms with van der Waals surface area (Å²) in [6.45, 7) is 0.189. The van der Waals surface area contributed by atoms with Gasteiger partial charge in [-0.2, -0.15) is 0 Å². The van der Waals surface area contributed by atoms with E-state index in [4.69, 9.17) is 18.9 Å². The first kappa shape index (κ1) is 19.5. The summed E-state index contributed by atoms with van der Waals surface area (Å²) in [7, 11) is 4.53. The number of nitrogens with zero attached hydrogens (tertiary/aromatic N) is 1. The molecule has 7 heteroatoms. The van der Waals surface area contributed by atoms with Gasteiger partial charge in [0.2, 0.25) is 11.7 Å². The van der Waals surface area contributed by atoms with Gasteiger partial charge < -0.3 is 18.9 Å². The molecule has 1 aliphatic heterocycles. The van der Waals surface area contributed by atoms with Gasteiger partial charge in [0.25, 0.3) is 0 Å². The summed E-state index contributed by atoms with van der Waals surface area (Å²) < 4.78 is 21.1. The van der Waals surface area contributed by atoms with Gasteiger partial charge in [0, 0.05) is 0 Å². The molecular formula is C21H23NO6. The Morgan fingerprint density at radius 2 is 1.68 bits per heavy atom. The van der Waals surface area contributed by atoms with Crippen LogP contribution >= 0.6 is 0 Å². The molecule has 0 radical (unpaired) electrons. The molecule has 2 aromatic rings. The van der Waals surface area contributed by atoms with Crippen LogP contribution in [0.4, 0.5) is 4.79 Å². The van der Waals surface area contributed by atoms with E-state index in [2.05, 4.69) is 0 Å². The van der Waals surface area contributed by atoms with E-state index in [1.807, 2.05) is 30.3 Å². The van der Waals surface area contributed by atoms with Crippen molar-refractivity contribution in [1.29, 1.82) is 0 Å². The lowest BCUT2D eigenvalue weighted by Gasteiger charge is -2.20. The molecule has 0 aliphatic carbocycles. The number of carbonyl (C=O) groups excluding carboxylic acids is 2. The van der Waals surface area contributed by atoms with E-state index in [0.717, 1.165) is 5.56 Å². The largest absolute Gasteiger partial charge is 0.493 e. The number of amides is 2. The normalized spacial score (nSPS) is 15.9. The third-order valence-corrected chi connectivity index (χ3v) is 4.62. The molecule has 28 heavy (non-hydrogen) atoms. The van der Waals surface area contributed by atoms with Gasteiger partial charge >= 0.3 is 6.09 Å². The van der Waals surface area contributed by atoms with Crippen LogP contribution in [0.5, 0.6) is 17.2 Å². The van der Waals surface area contributed by atoms with Crippen LogP contribution in [0, 0.1) is 0 Å². The van der Waals surface area contributed by atoms with Gasteiger partial charge in [0.05, 0.1) is 33.8 Å². The van der Waals surface area contributed by atoms with E-state index in [-0.39, 0.29) is 25.0 Å². The first-order valence-electron chi connectivity index (χ1n) is 8.89. The lowest BCUT2D eigenvalue weighted by atomic mass is 10.0. The summed E-state index contributed by atoms with van der Waals surface area (Å²) in [5.41, 5.74) is 1.69. The predicted octanol–water partition coefficient (Wildman–Crippen LogP) is 2.85. The molecule has 0 saturated carbocycles. The molecular weight excluding hydrogens is 362 g/mol. The summed E-state index contributed by atoms with van der Waals surface area (Å²) in [5.74, 6) is 1.02. The number of benzene rings is 2. The van der Waals surface area contributed by atoms with Crippen molar-refractivity contribution in [3.05, 3.63) is 53.6 Å². The topological polar surface area (TPSA) is 74.3 Å². The van der Waals surface area contributed by atoms with Crippen molar-refractivity contribution >= 4 is 12.0 Å². The van der Waals surface area contributed by atoms with Crippen LogP contribution in [-0.4, -0.2) is 50.9 Å². The highest BCUT2D eigenvalue weighted by Crippen LogP contribution is 2.38. The third-order valence-electron chi connectivity index (χ3n) is 4.62. The summed E-state index contributed by atoms with van der Waals surface area (Å²) in [4.78, 5) is 26.3. The average molecular weight is 385 g/mol. The molecule has 1 heterocycles. The van der Waals surface area contributed by atoms with Gasteiger partial charge in [-0.3, -0.25) is 4.79 Å². The van der Waals surface area contributed by atoms with Gasteiger partial charge in [-0.05, 0) is 29.7 Å². The zero-order valence-corrected chi connectivity index (χ0v) is 16.1. The molecule has 0 N–H and O–H groups in total. The van der Waals surface area contributed by atoms with Crippen molar-refractivity contribution in [1.82, 2.24) is 4.90 Å². The highest BCUT2D eigenvalue weighted by atomic mass is 16.6. The van der Waals surface area contributed by atoms with E-state index < -0.39 is 6.09 Å². The third kappa shape index (κ3) is 4.03. The number of hydrogen-bond donors (Lipinski definition) is 0. The zero-order chi connectivity index (χ0) is 20.1. The summed E-state index contributed by atoms with van der Waals surface area (Å²) >= 11 is 0. The van der Waals surface area contributed by atoms with E-state index >= 15 is 0 Å². The fraction of sp³-hybridized carbons (Fsp3) is 0.333. The maximum absolute atomic E-state index is 12.9. The Morgan fingerprint density at radius 1 is 1.04 bits per heavy atom. The van der Waals surface area contributed by atoms with Gasteiger partial charge in [-0.1, -0.05) is 30.3 Å². The van der Waals surface area contributed by atoms with Crippen molar-refractivity contribution < 1.29 is 28.5 Å². The quantitative estimate of drug-likeness (QED) is 0.730. The maximum atomic E-state index is 12.9. The molecule has 1 aliphatic rings. The Morgan fingerprint density at radius 3 is 2.25 bits per heavy atom. The Kier molecular flexibility index (Phi) is 6.03. The number of cyclic esters (lactones) is 1. The molecule has 0 bridgehead atoms. The van der Waals surface area contributed by atoms with Crippen molar-refractivity contribution in [3.63, 3.8) is 0 Å². The molecule has 1 fully saturated rings. The van der Waals surface area contributed by atoms with E-state index in [0.29, 0.717) is 29.2 Å². The van der Waals surface area contributed by atoms with Crippen molar-refractivity contribution in [3.8, 4) is 17.2 Å². The molecule has 1 atom stereocenters. The first-order chi connectivity index (χ1) is 13.6. The molecule has 0 unspecified atom stereocenters. The molecule has 2 aromatic carbocycles. The number of ether oxygens (including phenoxy) is 4. The minimum Gasteiger partial charge on any atom is -0.493 e. The highest BCUT2D eigenvalue weighted by molar-refractivity contribution is 5.94. The van der Waals surface area contributed by atoms with Crippen LogP contribution in [0.15, 0.2) is 42.5 Å². The van der Waals surface area contributed by atoms with E-state index in [1.165, 1.54) is 26.2 Å². The van der Waals surface area contributed by atoms with Crippen molar-refractivity contribution in [2.24, 2.45) is 0 Å².